The highest BCUT2D eigenvalue weighted by atomic mass is 35.5. The van der Waals surface area contributed by atoms with Gasteiger partial charge in [-0.2, -0.15) is 13.2 Å². The lowest BCUT2D eigenvalue weighted by molar-refractivity contribution is -0.144. The molecule has 0 unspecified atom stereocenters. The number of sulfone groups is 1. The molecule has 0 saturated heterocycles. The lowest BCUT2D eigenvalue weighted by atomic mass is 10.0. The Labute approximate surface area is 187 Å². The molecule has 13 heteroatoms. The van der Waals surface area contributed by atoms with Gasteiger partial charge in [0, 0.05) is 17.4 Å². The van der Waals surface area contributed by atoms with Crippen LogP contribution < -0.4 is 4.72 Å². The minimum Gasteiger partial charge on any atom is -0.224 e. The molecule has 2 aromatic carbocycles. The van der Waals surface area contributed by atoms with Crippen LogP contribution in [0.25, 0.3) is 22.4 Å². The van der Waals surface area contributed by atoms with Gasteiger partial charge in [0.2, 0.25) is 15.8 Å². The molecule has 0 bridgehead atoms. The van der Waals surface area contributed by atoms with Gasteiger partial charge in [0.1, 0.15) is 5.15 Å². The number of benzene rings is 2. The fourth-order valence-electron chi connectivity index (χ4n) is 2.80. The third-order valence-electron chi connectivity index (χ3n) is 4.40. The second kappa shape index (κ2) is 8.43. The highest BCUT2D eigenvalue weighted by Gasteiger charge is 2.36. The number of sulfonamides is 1. The van der Waals surface area contributed by atoms with Crippen LogP contribution in [0.15, 0.2) is 58.3 Å². The summed E-state index contributed by atoms with van der Waals surface area (Å²) < 4.78 is 89.3. The Morgan fingerprint density at radius 3 is 1.81 bits per heavy atom. The van der Waals surface area contributed by atoms with Crippen LogP contribution in [0, 0.1) is 0 Å². The third kappa shape index (κ3) is 4.93. The largest absolute Gasteiger partial charge is 0.451 e. The molecule has 1 heterocycles. The molecule has 0 aliphatic heterocycles. The van der Waals surface area contributed by atoms with Crippen molar-refractivity contribution in [3.8, 4) is 22.4 Å². The zero-order valence-corrected chi connectivity index (χ0v) is 18.9. The van der Waals surface area contributed by atoms with Gasteiger partial charge in [-0.25, -0.2) is 31.5 Å². The molecule has 0 amide bonds. The van der Waals surface area contributed by atoms with Crippen LogP contribution in [0.1, 0.15) is 5.82 Å². The van der Waals surface area contributed by atoms with Crippen LogP contribution >= 0.6 is 11.6 Å². The molecule has 0 saturated carbocycles. The van der Waals surface area contributed by atoms with Crippen molar-refractivity contribution in [2.75, 3.05) is 13.3 Å². The molecule has 0 atom stereocenters. The van der Waals surface area contributed by atoms with Gasteiger partial charge in [-0.3, -0.25) is 0 Å². The summed E-state index contributed by atoms with van der Waals surface area (Å²) >= 11 is 6.11. The zero-order chi connectivity index (χ0) is 23.9. The average molecular weight is 506 g/mol. The van der Waals surface area contributed by atoms with E-state index in [0.29, 0.717) is 0 Å². The van der Waals surface area contributed by atoms with E-state index >= 15 is 0 Å². The zero-order valence-electron chi connectivity index (χ0n) is 16.5. The first-order valence-corrected chi connectivity index (χ1v) is 12.5. The molecular formula is C19H15ClF3N3O4S2. The second-order valence-electron chi connectivity index (χ2n) is 6.59. The summed E-state index contributed by atoms with van der Waals surface area (Å²) in [4.78, 5) is 6.89. The smallest absolute Gasteiger partial charge is 0.224 e. The minimum absolute atomic E-state index is 0.0272. The van der Waals surface area contributed by atoms with Gasteiger partial charge in [-0.15, -0.1) is 0 Å². The third-order valence-corrected chi connectivity index (χ3v) is 7.23. The molecule has 0 spiro atoms. The van der Waals surface area contributed by atoms with Gasteiger partial charge in [-0.05, 0) is 36.9 Å². The van der Waals surface area contributed by atoms with Crippen molar-refractivity contribution in [2.24, 2.45) is 0 Å². The maximum absolute atomic E-state index is 13.3. The summed E-state index contributed by atoms with van der Waals surface area (Å²) in [6.07, 6.45) is -3.88. The van der Waals surface area contributed by atoms with Crippen molar-refractivity contribution < 1.29 is 30.0 Å². The van der Waals surface area contributed by atoms with Crippen molar-refractivity contribution in [3.05, 3.63) is 59.5 Å². The number of alkyl halides is 3. The Balaban J connectivity index is 2.24. The number of halogens is 4. The highest BCUT2D eigenvalue weighted by molar-refractivity contribution is 7.90. The first-order valence-electron chi connectivity index (χ1n) is 8.73. The molecule has 3 rings (SSSR count). The predicted molar refractivity (Wildman–Crippen MR) is 112 cm³/mol. The number of rotatable bonds is 5. The summed E-state index contributed by atoms with van der Waals surface area (Å²) in [5.74, 6) is -1.47. The first kappa shape index (κ1) is 24.1. The summed E-state index contributed by atoms with van der Waals surface area (Å²) in [6.45, 7) is 0. The molecule has 3 aromatic rings. The summed E-state index contributed by atoms with van der Waals surface area (Å²) in [5.41, 5.74) is 0.261. The second-order valence-corrected chi connectivity index (χ2v) is 10.8. The van der Waals surface area contributed by atoms with Gasteiger partial charge in [0.15, 0.2) is 9.84 Å². The van der Waals surface area contributed by atoms with Gasteiger partial charge in [0.25, 0.3) is 0 Å². The Bertz CT molecular complexity index is 1380. The van der Waals surface area contributed by atoms with E-state index in [0.717, 1.165) is 6.26 Å². The Morgan fingerprint density at radius 1 is 0.844 bits per heavy atom. The van der Waals surface area contributed by atoms with Crippen LogP contribution in [0.4, 0.5) is 13.2 Å². The van der Waals surface area contributed by atoms with Crippen LogP contribution in [-0.4, -0.2) is 40.1 Å². The van der Waals surface area contributed by atoms with Crippen molar-refractivity contribution in [1.29, 1.82) is 0 Å². The van der Waals surface area contributed by atoms with E-state index in [-0.39, 0.29) is 32.2 Å². The standard InChI is InChI=1S/C19H15ClF3N3O4S2/c1-24-32(29,30)14-9-3-11(4-10-14)15-16(25-18(19(21,22)23)26-17(15)20)12-5-7-13(8-6-12)31(2,27)28/h3-10,24H,1-2H3. The van der Waals surface area contributed by atoms with Gasteiger partial charge < -0.3 is 0 Å². The maximum atomic E-state index is 13.3. The van der Waals surface area contributed by atoms with E-state index in [4.69, 9.17) is 11.6 Å². The van der Waals surface area contributed by atoms with E-state index in [2.05, 4.69) is 14.7 Å². The predicted octanol–water partition coefficient (Wildman–Crippen LogP) is 3.79. The van der Waals surface area contributed by atoms with E-state index in [1.54, 1.807) is 0 Å². The topological polar surface area (TPSA) is 106 Å². The molecular weight excluding hydrogens is 491 g/mol. The number of nitrogens with one attached hydrogen (secondary N) is 1. The van der Waals surface area contributed by atoms with E-state index in [9.17, 15) is 30.0 Å². The van der Waals surface area contributed by atoms with Crippen LogP contribution in [0.3, 0.4) is 0 Å². The van der Waals surface area contributed by atoms with Gasteiger partial charge >= 0.3 is 6.18 Å². The van der Waals surface area contributed by atoms with Crippen molar-refractivity contribution in [3.63, 3.8) is 0 Å². The molecule has 32 heavy (non-hydrogen) atoms. The fourth-order valence-corrected chi connectivity index (χ4v) is 4.44. The quantitative estimate of drug-likeness (QED) is 0.529. The Morgan fingerprint density at radius 2 is 1.34 bits per heavy atom. The van der Waals surface area contributed by atoms with Crippen molar-refractivity contribution in [1.82, 2.24) is 14.7 Å². The lowest BCUT2D eigenvalue weighted by Gasteiger charge is -2.15. The molecule has 0 fully saturated rings. The van der Waals surface area contributed by atoms with E-state index < -0.39 is 37.0 Å². The van der Waals surface area contributed by atoms with Crippen molar-refractivity contribution in [2.45, 2.75) is 16.0 Å². The first-order chi connectivity index (χ1) is 14.7. The Kier molecular flexibility index (Phi) is 6.35. The number of hydrogen-bond donors (Lipinski definition) is 1. The van der Waals surface area contributed by atoms with Crippen LogP contribution in [0.5, 0.6) is 0 Å². The molecule has 7 nitrogen and oxygen atoms in total. The molecule has 1 aromatic heterocycles. The molecule has 0 aliphatic rings. The minimum atomic E-state index is -4.88. The SMILES string of the molecule is CNS(=O)(=O)c1ccc(-c2c(Cl)nc(C(F)(F)F)nc2-c2ccc(S(C)(=O)=O)cc2)cc1. The monoisotopic (exact) mass is 505 g/mol. The average Bonchev–Trinajstić information content (AvgIpc) is 2.72. The van der Waals surface area contributed by atoms with E-state index in [1.807, 2.05) is 0 Å². The molecule has 0 radical (unpaired) electrons. The normalized spacial score (nSPS) is 12.7. The summed E-state index contributed by atoms with van der Waals surface area (Å²) in [7, 11) is -6.02. The molecule has 170 valence electrons. The van der Waals surface area contributed by atoms with Crippen molar-refractivity contribution >= 4 is 31.5 Å². The van der Waals surface area contributed by atoms with Gasteiger partial charge in [0.05, 0.1) is 15.5 Å². The lowest BCUT2D eigenvalue weighted by Crippen LogP contribution is -2.18. The summed E-state index contributed by atoms with van der Waals surface area (Å²) in [6, 6.07) is 10.3. The number of aromatic nitrogens is 2. The van der Waals surface area contributed by atoms with Crippen LogP contribution in [0.2, 0.25) is 5.15 Å². The van der Waals surface area contributed by atoms with Gasteiger partial charge in [-0.1, -0.05) is 35.9 Å². The number of nitrogens with zero attached hydrogens (tertiary/aromatic N) is 2. The maximum Gasteiger partial charge on any atom is 0.451 e. The van der Waals surface area contributed by atoms with Crippen LogP contribution in [-0.2, 0) is 26.0 Å². The molecule has 1 N–H and O–H groups in total. The fraction of sp³-hybridized carbons (Fsp3) is 0.158. The van der Waals surface area contributed by atoms with E-state index in [1.165, 1.54) is 55.6 Å². The Hall–Kier alpha value is -2.54. The number of hydrogen-bond acceptors (Lipinski definition) is 6. The highest BCUT2D eigenvalue weighted by Crippen LogP contribution is 2.39. The molecule has 0 aliphatic carbocycles. The summed E-state index contributed by atoms with van der Waals surface area (Å²) in [5, 5.41) is -0.501.